The van der Waals surface area contributed by atoms with Crippen molar-refractivity contribution in [2.24, 2.45) is 0 Å². The number of rotatable bonds is 6. The molecule has 0 aromatic rings. The highest BCUT2D eigenvalue weighted by Gasteiger charge is 2.33. The van der Waals surface area contributed by atoms with Gasteiger partial charge in [0.05, 0.1) is 12.1 Å². The normalized spacial score (nSPS) is 19.2. The molecule has 112 valence electrons. The highest BCUT2D eigenvalue weighted by molar-refractivity contribution is 6.18. The van der Waals surface area contributed by atoms with Gasteiger partial charge in [0.1, 0.15) is 6.61 Å². The van der Waals surface area contributed by atoms with Crippen LogP contribution in [0.2, 0.25) is 0 Å². The zero-order chi connectivity index (χ0) is 14.4. The molecule has 1 N–H and O–H groups in total. The zero-order valence-electron chi connectivity index (χ0n) is 10.4. The molecular formula is C11H17ClF3NO3. The average molecular weight is 304 g/mol. The second kappa shape index (κ2) is 7.31. The summed E-state index contributed by atoms with van der Waals surface area (Å²) < 4.78 is 45.0. The van der Waals surface area contributed by atoms with Gasteiger partial charge in [0.2, 0.25) is 5.91 Å². The number of hydrogen-bond donors (Lipinski definition) is 1. The average Bonchev–Trinajstić information content (AvgIpc) is 2.35. The molecule has 19 heavy (non-hydrogen) atoms. The van der Waals surface area contributed by atoms with Crippen LogP contribution in [0.3, 0.4) is 0 Å². The van der Waals surface area contributed by atoms with Crippen molar-refractivity contribution in [3.8, 4) is 0 Å². The smallest absolute Gasteiger partial charge is 0.381 e. The van der Waals surface area contributed by atoms with Gasteiger partial charge in [-0.2, -0.15) is 13.2 Å². The minimum atomic E-state index is -4.37. The van der Waals surface area contributed by atoms with E-state index in [0.717, 1.165) is 0 Å². The summed E-state index contributed by atoms with van der Waals surface area (Å²) in [6.45, 7) is -0.579. The standard InChI is InChI=1S/C11H17ClF3NO3/c12-7-10(2-5-18-6-3-10)16-9(17)1-4-19-8-11(13,14)15/h1-8H2,(H,16,17). The first-order valence-corrected chi connectivity index (χ1v) is 6.50. The predicted octanol–water partition coefficient (Wildman–Crippen LogP) is 1.86. The summed E-state index contributed by atoms with van der Waals surface area (Å²) >= 11 is 5.85. The number of amides is 1. The molecule has 0 atom stereocenters. The fraction of sp³-hybridized carbons (Fsp3) is 0.909. The van der Waals surface area contributed by atoms with Crippen LogP contribution >= 0.6 is 11.6 Å². The summed E-state index contributed by atoms with van der Waals surface area (Å²) in [7, 11) is 0. The Morgan fingerprint density at radius 1 is 1.37 bits per heavy atom. The molecule has 0 bridgehead atoms. The van der Waals surface area contributed by atoms with Crippen LogP contribution in [0.25, 0.3) is 0 Å². The van der Waals surface area contributed by atoms with E-state index >= 15 is 0 Å². The number of halogens is 4. The van der Waals surface area contributed by atoms with E-state index in [1.165, 1.54) is 0 Å². The Morgan fingerprint density at radius 3 is 2.53 bits per heavy atom. The van der Waals surface area contributed by atoms with E-state index in [0.29, 0.717) is 26.1 Å². The Labute approximate surface area is 114 Å². The molecule has 1 aliphatic heterocycles. The molecule has 0 spiro atoms. The lowest BCUT2D eigenvalue weighted by atomic mass is 9.92. The molecule has 4 nitrogen and oxygen atoms in total. The molecule has 0 saturated carbocycles. The van der Waals surface area contributed by atoms with E-state index < -0.39 is 18.3 Å². The number of hydrogen-bond acceptors (Lipinski definition) is 3. The van der Waals surface area contributed by atoms with E-state index in [1.807, 2.05) is 0 Å². The first kappa shape index (κ1) is 16.5. The third-order valence-corrected chi connectivity index (χ3v) is 3.36. The van der Waals surface area contributed by atoms with Gasteiger partial charge in [0, 0.05) is 25.5 Å². The number of ether oxygens (including phenoxy) is 2. The van der Waals surface area contributed by atoms with Gasteiger partial charge in [-0.3, -0.25) is 4.79 Å². The van der Waals surface area contributed by atoms with E-state index in [1.54, 1.807) is 0 Å². The second-order valence-electron chi connectivity index (χ2n) is 4.49. The van der Waals surface area contributed by atoms with Crippen molar-refractivity contribution in [1.82, 2.24) is 5.32 Å². The fourth-order valence-electron chi connectivity index (χ4n) is 1.77. The third-order valence-electron chi connectivity index (χ3n) is 2.85. The van der Waals surface area contributed by atoms with E-state index in [2.05, 4.69) is 10.1 Å². The van der Waals surface area contributed by atoms with Crippen LogP contribution < -0.4 is 5.32 Å². The van der Waals surface area contributed by atoms with Crippen LogP contribution in [-0.4, -0.2) is 49.9 Å². The minimum Gasteiger partial charge on any atom is -0.381 e. The topological polar surface area (TPSA) is 47.6 Å². The monoisotopic (exact) mass is 303 g/mol. The molecule has 1 heterocycles. The first-order valence-electron chi connectivity index (χ1n) is 5.96. The van der Waals surface area contributed by atoms with Crippen LogP contribution in [0, 0.1) is 0 Å². The third kappa shape index (κ3) is 6.44. The minimum absolute atomic E-state index is 0.115. The summed E-state index contributed by atoms with van der Waals surface area (Å²) in [5.74, 6) is -0.101. The second-order valence-corrected chi connectivity index (χ2v) is 4.76. The van der Waals surface area contributed by atoms with Crippen LogP contribution in [0.15, 0.2) is 0 Å². The molecule has 0 aromatic heterocycles. The van der Waals surface area contributed by atoms with Crippen molar-refractivity contribution in [2.45, 2.75) is 31.0 Å². The molecule has 1 fully saturated rings. The fourth-order valence-corrected chi connectivity index (χ4v) is 2.10. The van der Waals surface area contributed by atoms with Gasteiger partial charge >= 0.3 is 6.18 Å². The van der Waals surface area contributed by atoms with E-state index in [4.69, 9.17) is 16.3 Å². The quantitative estimate of drug-likeness (QED) is 0.602. The number of carbonyl (C=O) groups is 1. The van der Waals surface area contributed by atoms with Crippen LogP contribution in [-0.2, 0) is 14.3 Å². The predicted molar refractivity (Wildman–Crippen MR) is 63.1 cm³/mol. The van der Waals surface area contributed by atoms with E-state index in [9.17, 15) is 18.0 Å². The summed E-state index contributed by atoms with van der Waals surface area (Å²) in [5, 5.41) is 2.77. The van der Waals surface area contributed by atoms with Crippen molar-refractivity contribution in [3.63, 3.8) is 0 Å². The van der Waals surface area contributed by atoms with Crippen molar-refractivity contribution in [1.29, 1.82) is 0 Å². The lowest BCUT2D eigenvalue weighted by Gasteiger charge is -2.36. The maximum absolute atomic E-state index is 11.8. The molecule has 8 heteroatoms. The maximum atomic E-state index is 11.8. The number of carbonyl (C=O) groups excluding carboxylic acids is 1. The summed E-state index contributed by atoms with van der Waals surface area (Å²) in [6.07, 6.45) is -3.28. The van der Waals surface area contributed by atoms with Crippen molar-refractivity contribution < 1.29 is 27.4 Å². The Morgan fingerprint density at radius 2 is 2.00 bits per heavy atom. The molecule has 0 radical (unpaired) electrons. The zero-order valence-corrected chi connectivity index (χ0v) is 11.1. The lowest BCUT2D eigenvalue weighted by molar-refractivity contribution is -0.174. The van der Waals surface area contributed by atoms with Crippen LogP contribution in [0.5, 0.6) is 0 Å². The van der Waals surface area contributed by atoms with Gasteiger partial charge in [-0.1, -0.05) is 0 Å². The molecule has 1 saturated heterocycles. The molecule has 0 unspecified atom stereocenters. The lowest BCUT2D eigenvalue weighted by Crippen LogP contribution is -2.53. The Kier molecular flexibility index (Phi) is 6.35. The molecule has 1 aliphatic rings. The maximum Gasteiger partial charge on any atom is 0.411 e. The highest BCUT2D eigenvalue weighted by atomic mass is 35.5. The Hall–Kier alpha value is -0.530. The van der Waals surface area contributed by atoms with Crippen LogP contribution in [0.4, 0.5) is 13.2 Å². The van der Waals surface area contributed by atoms with Gasteiger partial charge in [-0.25, -0.2) is 0 Å². The van der Waals surface area contributed by atoms with Gasteiger partial charge in [0.25, 0.3) is 0 Å². The van der Waals surface area contributed by atoms with E-state index in [-0.39, 0.29) is 24.8 Å². The van der Waals surface area contributed by atoms with Gasteiger partial charge < -0.3 is 14.8 Å². The molecule has 1 amide bonds. The Balaban J connectivity index is 2.26. The Bertz CT molecular complexity index is 293. The SMILES string of the molecule is O=C(CCOCC(F)(F)F)NC1(CCl)CCOCC1. The molecule has 0 aromatic carbocycles. The van der Waals surface area contributed by atoms with Crippen molar-refractivity contribution in [3.05, 3.63) is 0 Å². The summed E-state index contributed by atoms with van der Waals surface area (Å²) in [5.41, 5.74) is -0.513. The van der Waals surface area contributed by atoms with Crippen LogP contribution in [0.1, 0.15) is 19.3 Å². The van der Waals surface area contributed by atoms with Gasteiger partial charge in [-0.15, -0.1) is 11.6 Å². The largest absolute Gasteiger partial charge is 0.411 e. The van der Waals surface area contributed by atoms with Crippen molar-refractivity contribution >= 4 is 17.5 Å². The summed E-state index contributed by atoms with van der Waals surface area (Å²) in [4.78, 5) is 11.6. The number of alkyl halides is 4. The van der Waals surface area contributed by atoms with Gasteiger partial charge in [0.15, 0.2) is 0 Å². The summed E-state index contributed by atoms with van der Waals surface area (Å²) in [6, 6.07) is 0. The highest BCUT2D eigenvalue weighted by Crippen LogP contribution is 2.22. The van der Waals surface area contributed by atoms with Gasteiger partial charge in [-0.05, 0) is 12.8 Å². The molecule has 1 rings (SSSR count). The first-order chi connectivity index (χ1) is 8.87. The van der Waals surface area contributed by atoms with Crippen molar-refractivity contribution in [2.75, 3.05) is 32.3 Å². The number of nitrogens with one attached hydrogen (secondary N) is 1. The molecule has 0 aliphatic carbocycles. The molecular weight excluding hydrogens is 287 g/mol.